The summed E-state index contributed by atoms with van der Waals surface area (Å²) in [4.78, 5) is 22.7. The SMILES string of the molecule is CC(C)CN(C[C@H](O)[C@H](Cc1ccccc1)NC(=O)OC(C)(C)C)S(=O)(=O)c1ccc([N+](=O)[O-])cc1. The molecule has 0 fully saturated rings. The van der Waals surface area contributed by atoms with Crippen LogP contribution < -0.4 is 5.32 Å². The molecule has 0 unspecified atom stereocenters. The number of aliphatic hydroxyl groups excluding tert-OH is 1. The molecule has 36 heavy (non-hydrogen) atoms. The molecule has 0 radical (unpaired) electrons. The first-order valence-electron chi connectivity index (χ1n) is 11.6. The number of hydrogen-bond donors (Lipinski definition) is 2. The van der Waals surface area contributed by atoms with Crippen molar-refractivity contribution in [1.82, 2.24) is 9.62 Å². The molecule has 0 saturated heterocycles. The van der Waals surface area contributed by atoms with E-state index >= 15 is 0 Å². The van der Waals surface area contributed by atoms with Crippen LogP contribution in [0.25, 0.3) is 0 Å². The third-order valence-corrected chi connectivity index (χ3v) is 6.96. The molecule has 0 spiro atoms. The molecule has 2 atom stereocenters. The van der Waals surface area contributed by atoms with Crippen LogP contribution in [-0.4, -0.2) is 59.7 Å². The summed E-state index contributed by atoms with van der Waals surface area (Å²) in [5.74, 6) is -0.0728. The van der Waals surface area contributed by atoms with E-state index in [1.807, 2.05) is 44.2 Å². The molecule has 11 heteroatoms. The lowest BCUT2D eigenvalue weighted by atomic mass is 10.0. The molecule has 0 aliphatic rings. The molecule has 2 aromatic rings. The van der Waals surface area contributed by atoms with Crippen LogP contribution in [0.5, 0.6) is 0 Å². The number of aliphatic hydroxyl groups is 1. The predicted octanol–water partition coefficient (Wildman–Crippen LogP) is 3.74. The summed E-state index contributed by atoms with van der Waals surface area (Å²) in [5.41, 5.74) is -0.143. The summed E-state index contributed by atoms with van der Waals surface area (Å²) in [7, 11) is -4.09. The summed E-state index contributed by atoms with van der Waals surface area (Å²) < 4.78 is 33.3. The number of carbonyl (C=O) groups is 1. The zero-order chi connectivity index (χ0) is 27.1. The van der Waals surface area contributed by atoms with E-state index in [-0.39, 0.29) is 36.0 Å². The number of hydrogen-bond acceptors (Lipinski definition) is 7. The normalized spacial score (nSPS) is 13.9. The van der Waals surface area contributed by atoms with Crippen molar-refractivity contribution in [3.05, 3.63) is 70.3 Å². The Bertz CT molecular complexity index is 1110. The smallest absolute Gasteiger partial charge is 0.407 e. The maximum atomic E-state index is 13.4. The van der Waals surface area contributed by atoms with Crippen molar-refractivity contribution in [3.8, 4) is 0 Å². The molecule has 0 aliphatic heterocycles. The Labute approximate surface area is 212 Å². The van der Waals surface area contributed by atoms with Crippen LogP contribution in [0, 0.1) is 16.0 Å². The van der Waals surface area contributed by atoms with Crippen LogP contribution in [-0.2, 0) is 21.2 Å². The summed E-state index contributed by atoms with van der Waals surface area (Å²) in [6.45, 7) is 8.63. The number of benzene rings is 2. The Morgan fingerprint density at radius 1 is 1.08 bits per heavy atom. The van der Waals surface area contributed by atoms with Crippen LogP contribution >= 0.6 is 0 Å². The van der Waals surface area contributed by atoms with Crippen molar-refractivity contribution in [1.29, 1.82) is 0 Å². The number of nitrogens with one attached hydrogen (secondary N) is 1. The quantitative estimate of drug-likeness (QED) is 0.339. The first-order chi connectivity index (χ1) is 16.7. The molecule has 1 amide bonds. The van der Waals surface area contributed by atoms with E-state index < -0.39 is 38.8 Å². The van der Waals surface area contributed by atoms with Crippen molar-refractivity contribution in [3.63, 3.8) is 0 Å². The highest BCUT2D eigenvalue weighted by atomic mass is 32.2. The lowest BCUT2D eigenvalue weighted by Gasteiger charge is -2.31. The molecule has 2 aromatic carbocycles. The van der Waals surface area contributed by atoms with Crippen molar-refractivity contribution < 1.29 is 28.0 Å². The maximum absolute atomic E-state index is 13.4. The molecular weight excluding hydrogens is 486 g/mol. The summed E-state index contributed by atoms with van der Waals surface area (Å²) >= 11 is 0. The fourth-order valence-electron chi connectivity index (χ4n) is 3.51. The number of nitro benzene ring substituents is 1. The van der Waals surface area contributed by atoms with Gasteiger partial charge in [0.1, 0.15) is 5.60 Å². The van der Waals surface area contributed by atoms with Crippen molar-refractivity contribution in [2.45, 2.75) is 63.7 Å². The molecule has 198 valence electrons. The van der Waals surface area contributed by atoms with Gasteiger partial charge in [0.15, 0.2) is 0 Å². The zero-order valence-electron chi connectivity index (χ0n) is 21.2. The number of rotatable bonds is 11. The Balaban J connectivity index is 2.33. The van der Waals surface area contributed by atoms with Gasteiger partial charge in [-0.3, -0.25) is 10.1 Å². The van der Waals surface area contributed by atoms with Crippen molar-refractivity contribution in [2.75, 3.05) is 13.1 Å². The minimum Gasteiger partial charge on any atom is -0.444 e. The number of carbonyl (C=O) groups excluding carboxylic acids is 1. The van der Waals surface area contributed by atoms with Crippen molar-refractivity contribution >= 4 is 21.8 Å². The van der Waals surface area contributed by atoms with Crippen LogP contribution in [0.3, 0.4) is 0 Å². The average molecular weight is 522 g/mol. The van der Waals surface area contributed by atoms with Gasteiger partial charge in [0.05, 0.1) is 22.0 Å². The molecule has 2 N–H and O–H groups in total. The van der Waals surface area contributed by atoms with Gasteiger partial charge in [-0.25, -0.2) is 13.2 Å². The zero-order valence-corrected chi connectivity index (χ0v) is 22.1. The van der Waals surface area contributed by atoms with Gasteiger partial charge < -0.3 is 15.2 Å². The maximum Gasteiger partial charge on any atom is 0.407 e. The predicted molar refractivity (Wildman–Crippen MR) is 136 cm³/mol. The molecule has 0 saturated carbocycles. The third kappa shape index (κ3) is 8.89. The third-order valence-electron chi connectivity index (χ3n) is 5.11. The first kappa shape index (κ1) is 29.2. The standard InChI is InChI=1S/C25H35N3O7S/c1-18(2)16-27(36(33,34)21-13-11-20(12-14-21)28(31)32)17-23(29)22(15-19-9-7-6-8-10-19)26-24(30)35-25(3,4)5/h6-14,18,22-23,29H,15-17H2,1-5H3,(H,26,30)/t22-,23-/m0/s1. The highest BCUT2D eigenvalue weighted by molar-refractivity contribution is 7.89. The molecule has 2 rings (SSSR count). The monoisotopic (exact) mass is 521 g/mol. The number of nitrogens with zero attached hydrogens (tertiary/aromatic N) is 2. The second-order valence-corrected chi connectivity index (χ2v) is 11.9. The summed E-state index contributed by atoms with van der Waals surface area (Å²) in [5, 5.41) is 24.8. The van der Waals surface area contributed by atoms with Crippen molar-refractivity contribution in [2.24, 2.45) is 5.92 Å². The topological polar surface area (TPSA) is 139 Å². The molecule has 10 nitrogen and oxygen atoms in total. The Morgan fingerprint density at radius 2 is 1.67 bits per heavy atom. The first-order valence-corrected chi connectivity index (χ1v) is 13.1. The van der Waals surface area contributed by atoms with Crippen LogP contribution in [0.4, 0.5) is 10.5 Å². The van der Waals surface area contributed by atoms with Gasteiger partial charge in [-0.15, -0.1) is 0 Å². The van der Waals surface area contributed by atoms with E-state index in [4.69, 9.17) is 4.74 Å². The lowest BCUT2D eigenvalue weighted by Crippen LogP contribution is -2.51. The van der Waals surface area contributed by atoms with Gasteiger partial charge in [0, 0.05) is 25.2 Å². The van der Waals surface area contributed by atoms with Crippen LogP contribution in [0.1, 0.15) is 40.2 Å². The largest absolute Gasteiger partial charge is 0.444 e. The Hall–Kier alpha value is -3.02. The van der Waals surface area contributed by atoms with E-state index in [2.05, 4.69) is 5.32 Å². The Kier molecular flexibility index (Phi) is 9.97. The second kappa shape index (κ2) is 12.3. The Morgan fingerprint density at radius 3 is 2.17 bits per heavy atom. The highest BCUT2D eigenvalue weighted by Crippen LogP contribution is 2.22. The van der Waals surface area contributed by atoms with Crippen LogP contribution in [0.2, 0.25) is 0 Å². The van der Waals surface area contributed by atoms with Gasteiger partial charge in [-0.1, -0.05) is 44.2 Å². The number of sulfonamides is 1. The van der Waals surface area contributed by atoms with Gasteiger partial charge >= 0.3 is 6.09 Å². The lowest BCUT2D eigenvalue weighted by molar-refractivity contribution is -0.384. The minimum atomic E-state index is -4.09. The van der Waals surface area contributed by atoms with E-state index in [9.17, 15) is 28.4 Å². The molecule has 0 aromatic heterocycles. The number of non-ortho nitro benzene ring substituents is 1. The summed E-state index contributed by atoms with van der Waals surface area (Å²) in [6.07, 6.45) is -1.76. The number of alkyl carbamates (subject to hydrolysis) is 1. The number of ether oxygens (including phenoxy) is 1. The average Bonchev–Trinajstić information content (AvgIpc) is 2.77. The van der Waals surface area contributed by atoms with Gasteiger partial charge in [0.2, 0.25) is 10.0 Å². The minimum absolute atomic E-state index is 0.0728. The second-order valence-electron chi connectivity index (χ2n) is 9.98. The van der Waals surface area contributed by atoms with E-state index in [0.29, 0.717) is 0 Å². The van der Waals surface area contributed by atoms with Gasteiger partial charge in [-0.05, 0) is 50.8 Å². The molecule has 0 aliphatic carbocycles. The molecule has 0 heterocycles. The van der Waals surface area contributed by atoms with E-state index in [0.717, 1.165) is 22.0 Å². The van der Waals surface area contributed by atoms with Crippen LogP contribution in [0.15, 0.2) is 59.5 Å². The molecule has 0 bridgehead atoms. The highest BCUT2D eigenvalue weighted by Gasteiger charge is 2.32. The van der Waals surface area contributed by atoms with E-state index in [1.165, 1.54) is 12.1 Å². The summed E-state index contributed by atoms with van der Waals surface area (Å²) in [6, 6.07) is 12.9. The van der Waals surface area contributed by atoms with Gasteiger partial charge in [0.25, 0.3) is 5.69 Å². The fraction of sp³-hybridized carbons (Fsp3) is 0.480. The number of nitro groups is 1. The fourth-order valence-corrected chi connectivity index (χ4v) is 5.13. The van der Waals surface area contributed by atoms with E-state index in [1.54, 1.807) is 20.8 Å². The number of amides is 1. The molecular formula is C25H35N3O7S. The van der Waals surface area contributed by atoms with Gasteiger partial charge in [-0.2, -0.15) is 4.31 Å².